The molecule has 1 aromatic heterocycles. The number of ether oxygens (including phenoxy) is 1. The minimum atomic E-state index is -0.320. The zero-order valence-corrected chi connectivity index (χ0v) is 15.6. The summed E-state index contributed by atoms with van der Waals surface area (Å²) in [5.74, 6) is 0.127. The minimum absolute atomic E-state index is 0.00750. The van der Waals surface area contributed by atoms with E-state index in [0.717, 1.165) is 22.5 Å². The third kappa shape index (κ3) is 3.94. The summed E-state index contributed by atoms with van der Waals surface area (Å²) in [6.45, 7) is -0.161. The molecule has 0 saturated carbocycles. The van der Waals surface area contributed by atoms with Crippen LogP contribution in [0.25, 0.3) is 11.3 Å². The maximum atomic E-state index is 12.1. The summed E-state index contributed by atoms with van der Waals surface area (Å²) in [5.41, 5.74) is 3.42. The van der Waals surface area contributed by atoms with E-state index in [0.29, 0.717) is 22.3 Å². The van der Waals surface area contributed by atoms with Crippen LogP contribution in [0.5, 0.6) is 5.75 Å². The monoisotopic (exact) mass is 399 g/mol. The average Bonchev–Trinajstić information content (AvgIpc) is 3.25. The van der Waals surface area contributed by atoms with Crippen molar-refractivity contribution in [3.63, 3.8) is 0 Å². The molecular formula is C19H14ClN3O3S. The summed E-state index contributed by atoms with van der Waals surface area (Å²) in [7, 11) is 0. The van der Waals surface area contributed by atoms with Gasteiger partial charge in [0.2, 0.25) is 5.91 Å². The summed E-state index contributed by atoms with van der Waals surface area (Å²) >= 11 is 7.32. The Hall–Kier alpha value is -2.90. The van der Waals surface area contributed by atoms with E-state index in [9.17, 15) is 9.59 Å². The molecule has 4 rings (SSSR count). The number of thiazole rings is 1. The van der Waals surface area contributed by atoms with Gasteiger partial charge in [0.1, 0.15) is 5.75 Å². The number of benzene rings is 2. The van der Waals surface area contributed by atoms with Gasteiger partial charge in [-0.05, 0) is 29.8 Å². The minimum Gasteiger partial charge on any atom is -0.482 e. The number of hydrogen-bond acceptors (Lipinski definition) is 5. The molecule has 2 N–H and O–H groups in total. The fourth-order valence-corrected chi connectivity index (χ4v) is 3.64. The van der Waals surface area contributed by atoms with Crippen LogP contribution in [0, 0.1) is 0 Å². The topological polar surface area (TPSA) is 80.3 Å². The number of fused-ring (bicyclic) bond motifs is 1. The van der Waals surface area contributed by atoms with Crippen molar-refractivity contribution < 1.29 is 14.3 Å². The van der Waals surface area contributed by atoms with E-state index in [-0.39, 0.29) is 18.4 Å². The van der Waals surface area contributed by atoms with Crippen LogP contribution in [0.15, 0.2) is 47.8 Å². The van der Waals surface area contributed by atoms with Gasteiger partial charge in [0.25, 0.3) is 5.91 Å². The Morgan fingerprint density at radius 1 is 1.30 bits per heavy atom. The van der Waals surface area contributed by atoms with Crippen LogP contribution >= 0.6 is 22.9 Å². The number of aromatic nitrogens is 1. The maximum absolute atomic E-state index is 12.1. The van der Waals surface area contributed by atoms with E-state index in [4.69, 9.17) is 16.3 Å². The standard InChI is InChI=1S/C19H14ClN3O3S/c20-13-3-1-2-4-16(13)26-9-18(25)23-19-22-15(10-27-19)11-5-6-14-12(7-11)8-17(24)21-14/h1-7,10H,8-9H2,(H,21,24)(H,22,23,25). The van der Waals surface area contributed by atoms with Crippen LogP contribution in [0.2, 0.25) is 5.02 Å². The van der Waals surface area contributed by atoms with E-state index >= 15 is 0 Å². The lowest BCUT2D eigenvalue weighted by Crippen LogP contribution is -2.20. The van der Waals surface area contributed by atoms with Crippen LogP contribution in [0.1, 0.15) is 5.56 Å². The molecule has 0 atom stereocenters. The molecule has 6 nitrogen and oxygen atoms in total. The molecule has 8 heteroatoms. The number of rotatable bonds is 5. The smallest absolute Gasteiger partial charge is 0.264 e. The molecule has 136 valence electrons. The van der Waals surface area contributed by atoms with Crippen LogP contribution in [0.3, 0.4) is 0 Å². The van der Waals surface area contributed by atoms with Crippen molar-refractivity contribution >= 4 is 45.6 Å². The summed E-state index contributed by atoms with van der Waals surface area (Å²) in [4.78, 5) is 28.0. The molecule has 0 aliphatic carbocycles. The third-order valence-electron chi connectivity index (χ3n) is 3.97. The number of carbonyl (C=O) groups excluding carboxylic acids is 2. The summed E-state index contributed by atoms with van der Waals surface area (Å²) in [6, 6.07) is 12.7. The first-order valence-corrected chi connectivity index (χ1v) is 9.40. The Kier molecular flexibility index (Phi) is 4.79. The van der Waals surface area contributed by atoms with Crippen molar-refractivity contribution in [2.24, 2.45) is 0 Å². The number of para-hydroxylation sites is 1. The van der Waals surface area contributed by atoms with Crippen LogP contribution in [0.4, 0.5) is 10.8 Å². The molecule has 2 aromatic carbocycles. The third-order valence-corrected chi connectivity index (χ3v) is 5.04. The van der Waals surface area contributed by atoms with Crippen molar-refractivity contribution in [2.75, 3.05) is 17.2 Å². The highest BCUT2D eigenvalue weighted by molar-refractivity contribution is 7.14. The highest BCUT2D eigenvalue weighted by atomic mass is 35.5. The van der Waals surface area contributed by atoms with Gasteiger partial charge in [-0.25, -0.2) is 4.98 Å². The molecule has 2 amide bonds. The Labute approximate surface area is 164 Å². The van der Waals surface area contributed by atoms with Crippen LogP contribution in [-0.4, -0.2) is 23.4 Å². The van der Waals surface area contributed by atoms with Crippen LogP contribution < -0.4 is 15.4 Å². The van der Waals surface area contributed by atoms with Crippen LogP contribution in [-0.2, 0) is 16.0 Å². The van der Waals surface area contributed by atoms with Gasteiger partial charge in [0.15, 0.2) is 11.7 Å². The lowest BCUT2D eigenvalue weighted by atomic mass is 10.1. The van der Waals surface area contributed by atoms with Gasteiger partial charge < -0.3 is 10.1 Å². The van der Waals surface area contributed by atoms with Gasteiger partial charge >= 0.3 is 0 Å². The highest BCUT2D eigenvalue weighted by Gasteiger charge is 2.18. The number of nitrogens with one attached hydrogen (secondary N) is 2. The van der Waals surface area contributed by atoms with E-state index in [1.54, 1.807) is 24.3 Å². The number of hydrogen-bond donors (Lipinski definition) is 2. The molecule has 27 heavy (non-hydrogen) atoms. The van der Waals surface area contributed by atoms with E-state index in [1.807, 2.05) is 23.6 Å². The SMILES string of the molecule is O=C(COc1ccccc1Cl)Nc1nc(-c2ccc3c(c2)CC(=O)N3)cs1. The first kappa shape index (κ1) is 17.5. The van der Waals surface area contributed by atoms with E-state index in [2.05, 4.69) is 15.6 Å². The maximum Gasteiger partial charge on any atom is 0.264 e. The van der Waals surface area contributed by atoms with Gasteiger partial charge in [-0.3, -0.25) is 14.9 Å². The molecule has 0 spiro atoms. The van der Waals surface area contributed by atoms with Crippen molar-refractivity contribution in [1.82, 2.24) is 4.98 Å². The first-order valence-electron chi connectivity index (χ1n) is 8.14. The second kappa shape index (κ2) is 7.38. The second-order valence-corrected chi connectivity index (χ2v) is 7.17. The van der Waals surface area contributed by atoms with Crippen molar-refractivity contribution in [3.8, 4) is 17.0 Å². The quantitative estimate of drug-likeness (QED) is 0.680. The molecule has 2 heterocycles. The molecule has 3 aromatic rings. The number of amides is 2. The number of carbonyl (C=O) groups is 2. The summed E-state index contributed by atoms with van der Waals surface area (Å²) < 4.78 is 5.42. The van der Waals surface area contributed by atoms with Gasteiger partial charge in [-0.2, -0.15) is 0 Å². The predicted octanol–water partition coefficient (Wildman–Crippen LogP) is 3.98. The first-order chi connectivity index (χ1) is 13.1. The molecule has 1 aliphatic heterocycles. The predicted molar refractivity (Wildman–Crippen MR) is 105 cm³/mol. The molecule has 0 bridgehead atoms. The Morgan fingerprint density at radius 3 is 3.00 bits per heavy atom. The summed E-state index contributed by atoms with van der Waals surface area (Å²) in [6.07, 6.45) is 0.371. The molecule has 0 unspecified atom stereocenters. The zero-order valence-electron chi connectivity index (χ0n) is 14.0. The molecular weight excluding hydrogens is 386 g/mol. The molecule has 0 radical (unpaired) electrons. The Balaban J connectivity index is 1.40. The lowest BCUT2D eigenvalue weighted by Gasteiger charge is -2.07. The normalized spacial score (nSPS) is 12.4. The average molecular weight is 400 g/mol. The van der Waals surface area contributed by atoms with Gasteiger partial charge in [-0.15, -0.1) is 11.3 Å². The van der Waals surface area contributed by atoms with Crippen molar-refractivity contribution in [2.45, 2.75) is 6.42 Å². The largest absolute Gasteiger partial charge is 0.482 e. The molecule has 0 saturated heterocycles. The number of nitrogens with zero attached hydrogens (tertiary/aromatic N) is 1. The fraction of sp³-hybridized carbons (Fsp3) is 0.105. The van der Waals surface area contributed by atoms with Crippen molar-refractivity contribution in [3.05, 3.63) is 58.4 Å². The van der Waals surface area contributed by atoms with Gasteiger partial charge in [0.05, 0.1) is 17.1 Å². The zero-order chi connectivity index (χ0) is 18.8. The Bertz CT molecular complexity index is 1030. The van der Waals surface area contributed by atoms with E-state index in [1.165, 1.54) is 11.3 Å². The number of halogens is 1. The molecule has 1 aliphatic rings. The van der Waals surface area contributed by atoms with Gasteiger partial charge in [0, 0.05) is 16.6 Å². The lowest BCUT2D eigenvalue weighted by molar-refractivity contribution is -0.118. The number of anilines is 2. The second-order valence-electron chi connectivity index (χ2n) is 5.90. The summed E-state index contributed by atoms with van der Waals surface area (Å²) in [5, 5.41) is 8.30. The molecule has 0 fully saturated rings. The Morgan fingerprint density at radius 2 is 2.15 bits per heavy atom. The fourth-order valence-electron chi connectivity index (χ4n) is 2.71. The highest BCUT2D eigenvalue weighted by Crippen LogP contribution is 2.31. The van der Waals surface area contributed by atoms with Crippen molar-refractivity contribution in [1.29, 1.82) is 0 Å². The van der Waals surface area contributed by atoms with Gasteiger partial charge in [-0.1, -0.05) is 29.8 Å². The van der Waals surface area contributed by atoms with E-state index < -0.39 is 0 Å².